The molecule has 0 radical (unpaired) electrons. The van der Waals surface area contributed by atoms with Crippen molar-refractivity contribution in [3.63, 3.8) is 0 Å². The molecule has 1 rings (SSSR count). The lowest BCUT2D eigenvalue weighted by Gasteiger charge is -2.10. The van der Waals surface area contributed by atoms with E-state index in [0.29, 0.717) is 25.1 Å². The number of urea groups is 1. The number of hydrogen-bond acceptors (Lipinski definition) is 2. The second-order valence-corrected chi connectivity index (χ2v) is 4.96. The number of benzene rings is 1. The maximum Gasteiger partial charge on any atom is 0.319 e. The van der Waals surface area contributed by atoms with Crippen LogP contribution >= 0.6 is 15.9 Å². The Morgan fingerprint density at radius 1 is 1.32 bits per heavy atom. The average Bonchev–Trinajstić information content (AvgIpc) is 2.34. The van der Waals surface area contributed by atoms with Gasteiger partial charge in [0.2, 0.25) is 0 Å². The molecule has 0 aliphatic heterocycles. The summed E-state index contributed by atoms with van der Waals surface area (Å²) in [5.74, 6) is -0.812. The molecule has 0 saturated carbocycles. The zero-order valence-electron chi connectivity index (χ0n) is 10.7. The molecule has 0 atom stereocenters. The number of nitrogens with one attached hydrogen (secondary N) is 2. The normalized spacial score (nSPS) is 10.0. The number of carbonyl (C=O) groups is 2. The number of unbranched alkanes of at least 4 members (excludes halogenated alkanes) is 1. The lowest BCUT2D eigenvalue weighted by Crippen LogP contribution is -2.29. The summed E-state index contributed by atoms with van der Waals surface area (Å²) in [5, 5.41) is 13.9. The number of aryl methyl sites for hydroxylation is 1. The first-order valence-electron chi connectivity index (χ1n) is 6.02. The number of anilines is 1. The molecule has 0 aliphatic carbocycles. The quantitative estimate of drug-likeness (QED) is 0.702. The highest BCUT2D eigenvalue weighted by atomic mass is 79.9. The van der Waals surface area contributed by atoms with Crippen LogP contribution in [0, 0.1) is 6.92 Å². The van der Waals surface area contributed by atoms with Crippen LogP contribution in [-0.2, 0) is 4.79 Å². The molecule has 5 nitrogen and oxygen atoms in total. The highest BCUT2D eigenvalue weighted by Gasteiger charge is 2.06. The van der Waals surface area contributed by atoms with Crippen molar-refractivity contribution >= 4 is 33.6 Å². The van der Waals surface area contributed by atoms with Crippen molar-refractivity contribution in [2.75, 3.05) is 11.9 Å². The van der Waals surface area contributed by atoms with Crippen LogP contribution in [0.2, 0.25) is 0 Å². The highest BCUT2D eigenvalue weighted by molar-refractivity contribution is 9.10. The Morgan fingerprint density at radius 2 is 2.05 bits per heavy atom. The van der Waals surface area contributed by atoms with Crippen molar-refractivity contribution in [1.82, 2.24) is 5.32 Å². The smallest absolute Gasteiger partial charge is 0.319 e. The molecule has 0 aliphatic rings. The third kappa shape index (κ3) is 5.74. The van der Waals surface area contributed by atoms with Gasteiger partial charge in [-0.1, -0.05) is 12.1 Å². The molecule has 1 aromatic carbocycles. The number of carboxylic acid groups (broad SMARTS) is 1. The van der Waals surface area contributed by atoms with E-state index in [1.54, 1.807) is 6.07 Å². The van der Waals surface area contributed by atoms with Gasteiger partial charge in [-0.25, -0.2) is 4.79 Å². The minimum atomic E-state index is -0.812. The summed E-state index contributed by atoms with van der Waals surface area (Å²) < 4.78 is 0.857. The third-order valence-electron chi connectivity index (χ3n) is 2.54. The highest BCUT2D eigenvalue weighted by Crippen LogP contribution is 2.25. The van der Waals surface area contributed by atoms with E-state index in [9.17, 15) is 9.59 Å². The van der Waals surface area contributed by atoms with Gasteiger partial charge in [-0.15, -0.1) is 0 Å². The number of carbonyl (C=O) groups excluding carboxylic acids is 1. The zero-order chi connectivity index (χ0) is 14.3. The number of rotatable bonds is 6. The third-order valence-corrected chi connectivity index (χ3v) is 3.60. The van der Waals surface area contributed by atoms with Crippen molar-refractivity contribution < 1.29 is 14.7 Å². The van der Waals surface area contributed by atoms with Crippen LogP contribution in [0.25, 0.3) is 0 Å². The molecule has 1 aromatic rings. The zero-order valence-corrected chi connectivity index (χ0v) is 12.3. The van der Waals surface area contributed by atoms with E-state index in [1.165, 1.54) is 0 Å². The lowest BCUT2D eigenvalue weighted by molar-refractivity contribution is -0.137. The molecule has 0 saturated heterocycles. The minimum absolute atomic E-state index is 0.132. The lowest BCUT2D eigenvalue weighted by atomic mass is 10.2. The first kappa shape index (κ1) is 15.5. The maximum absolute atomic E-state index is 11.6. The number of aliphatic carboxylic acids is 1. The summed E-state index contributed by atoms with van der Waals surface area (Å²) in [4.78, 5) is 21.9. The van der Waals surface area contributed by atoms with Gasteiger partial charge in [-0.2, -0.15) is 0 Å². The number of halogens is 1. The van der Waals surface area contributed by atoms with Crippen molar-refractivity contribution in [1.29, 1.82) is 0 Å². The SMILES string of the molecule is Cc1cccc(NC(=O)NCCCCC(=O)O)c1Br. The first-order chi connectivity index (χ1) is 9.00. The Labute approximate surface area is 120 Å². The topological polar surface area (TPSA) is 78.4 Å². The number of amides is 2. The van der Waals surface area contributed by atoms with E-state index in [-0.39, 0.29) is 12.5 Å². The Hall–Kier alpha value is -1.56. The van der Waals surface area contributed by atoms with Crippen LogP contribution in [0.5, 0.6) is 0 Å². The molecular weight excluding hydrogens is 312 g/mol. The second kappa shape index (κ2) is 7.78. The van der Waals surface area contributed by atoms with Gasteiger partial charge in [0.1, 0.15) is 0 Å². The largest absolute Gasteiger partial charge is 0.481 e. The summed E-state index contributed by atoms with van der Waals surface area (Å²) in [7, 11) is 0. The van der Waals surface area contributed by atoms with Gasteiger partial charge in [0.25, 0.3) is 0 Å². The Morgan fingerprint density at radius 3 is 2.74 bits per heavy atom. The summed E-state index contributed by atoms with van der Waals surface area (Å²) in [6.45, 7) is 2.40. The van der Waals surface area contributed by atoms with Crippen molar-refractivity contribution in [2.24, 2.45) is 0 Å². The Bertz CT molecular complexity index is 463. The van der Waals surface area contributed by atoms with Crippen LogP contribution in [-0.4, -0.2) is 23.7 Å². The van der Waals surface area contributed by atoms with E-state index in [0.717, 1.165) is 10.0 Å². The van der Waals surface area contributed by atoms with E-state index >= 15 is 0 Å². The van der Waals surface area contributed by atoms with Gasteiger partial charge >= 0.3 is 12.0 Å². The second-order valence-electron chi connectivity index (χ2n) is 4.17. The predicted octanol–water partition coefficient (Wildman–Crippen LogP) is 3.13. The molecule has 0 unspecified atom stereocenters. The van der Waals surface area contributed by atoms with Crippen molar-refractivity contribution in [3.05, 3.63) is 28.2 Å². The van der Waals surface area contributed by atoms with E-state index in [4.69, 9.17) is 5.11 Å². The van der Waals surface area contributed by atoms with Gasteiger partial charge in [0.15, 0.2) is 0 Å². The van der Waals surface area contributed by atoms with Crippen LogP contribution in [0.4, 0.5) is 10.5 Å². The van der Waals surface area contributed by atoms with E-state index < -0.39 is 5.97 Å². The minimum Gasteiger partial charge on any atom is -0.481 e. The van der Waals surface area contributed by atoms with Crippen molar-refractivity contribution in [3.8, 4) is 0 Å². The summed E-state index contributed by atoms with van der Waals surface area (Å²) >= 11 is 3.41. The summed E-state index contributed by atoms with van der Waals surface area (Å²) in [6.07, 6.45) is 1.34. The van der Waals surface area contributed by atoms with Gasteiger partial charge < -0.3 is 15.7 Å². The van der Waals surface area contributed by atoms with Gasteiger partial charge in [-0.05, 0) is 47.3 Å². The fourth-order valence-corrected chi connectivity index (χ4v) is 1.88. The molecule has 0 aromatic heterocycles. The standard InChI is InChI=1S/C13H17BrN2O3/c1-9-5-4-6-10(12(9)14)16-13(19)15-8-3-2-7-11(17)18/h4-6H,2-3,7-8H2,1H3,(H,17,18)(H2,15,16,19). The molecule has 19 heavy (non-hydrogen) atoms. The predicted molar refractivity (Wildman–Crippen MR) is 77.4 cm³/mol. The molecule has 2 amide bonds. The van der Waals surface area contributed by atoms with Gasteiger partial charge in [-0.3, -0.25) is 4.79 Å². The Balaban J connectivity index is 2.31. The summed E-state index contributed by atoms with van der Waals surface area (Å²) in [6, 6.07) is 5.32. The van der Waals surface area contributed by atoms with Crippen LogP contribution in [0.15, 0.2) is 22.7 Å². The number of carboxylic acids is 1. The molecule has 6 heteroatoms. The van der Waals surface area contributed by atoms with Crippen molar-refractivity contribution in [2.45, 2.75) is 26.2 Å². The van der Waals surface area contributed by atoms with E-state index in [2.05, 4.69) is 26.6 Å². The number of hydrogen-bond donors (Lipinski definition) is 3. The molecule has 0 spiro atoms. The monoisotopic (exact) mass is 328 g/mol. The molecule has 0 bridgehead atoms. The van der Waals surface area contributed by atoms with Crippen LogP contribution in [0.3, 0.4) is 0 Å². The van der Waals surface area contributed by atoms with Crippen LogP contribution in [0.1, 0.15) is 24.8 Å². The fraction of sp³-hybridized carbons (Fsp3) is 0.385. The molecule has 0 fully saturated rings. The first-order valence-corrected chi connectivity index (χ1v) is 6.81. The molecule has 3 N–H and O–H groups in total. The maximum atomic E-state index is 11.6. The van der Waals surface area contributed by atoms with Gasteiger partial charge in [0, 0.05) is 17.4 Å². The van der Waals surface area contributed by atoms with Gasteiger partial charge in [0.05, 0.1) is 5.69 Å². The van der Waals surface area contributed by atoms with Crippen LogP contribution < -0.4 is 10.6 Å². The molecular formula is C13H17BrN2O3. The molecule has 0 heterocycles. The summed E-state index contributed by atoms with van der Waals surface area (Å²) in [5.41, 5.74) is 1.75. The fourth-order valence-electron chi connectivity index (χ4n) is 1.51. The van der Waals surface area contributed by atoms with E-state index in [1.807, 2.05) is 19.1 Å². The Kier molecular flexibility index (Phi) is 6.35. The average molecular weight is 329 g/mol. The molecule has 104 valence electrons.